The van der Waals surface area contributed by atoms with E-state index in [1.165, 1.54) is 17.1 Å². The predicted octanol–water partition coefficient (Wildman–Crippen LogP) is 4.05. The van der Waals surface area contributed by atoms with Crippen molar-refractivity contribution in [1.29, 1.82) is 0 Å². The highest BCUT2D eigenvalue weighted by atomic mass is 32.2. The van der Waals surface area contributed by atoms with Crippen molar-refractivity contribution in [2.45, 2.75) is 18.4 Å². The minimum absolute atomic E-state index is 0.213. The zero-order chi connectivity index (χ0) is 19.7. The summed E-state index contributed by atoms with van der Waals surface area (Å²) >= 11 is 3.89. The molecule has 0 bridgehead atoms. The van der Waals surface area contributed by atoms with Crippen LogP contribution in [0.5, 0.6) is 11.6 Å². The van der Waals surface area contributed by atoms with E-state index in [0.717, 1.165) is 22.3 Å². The Bertz CT molecular complexity index is 1010. The van der Waals surface area contributed by atoms with Crippen LogP contribution in [0.2, 0.25) is 0 Å². The number of ether oxygens (including phenoxy) is 2. The third kappa shape index (κ3) is 3.98. The number of esters is 1. The SMILES string of the molecule is Cc1cc(C)c2c(OCC(=O)Oc3ccc(C4SCCS4)cc3)nn(C)c2n1. The Morgan fingerprint density at radius 2 is 1.93 bits per heavy atom. The fourth-order valence-electron chi connectivity index (χ4n) is 3.18. The van der Waals surface area contributed by atoms with Crippen molar-refractivity contribution in [1.82, 2.24) is 14.8 Å². The van der Waals surface area contributed by atoms with Gasteiger partial charge in [0.1, 0.15) is 5.75 Å². The lowest BCUT2D eigenvalue weighted by Crippen LogP contribution is -2.18. The van der Waals surface area contributed by atoms with Gasteiger partial charge in [-0.15, -0.1) is 28.6 Å². The zero-order valence-electron chi connectivity index (χ0n) is 16.0. The molecule has 6 nitrogen and oxygen atoms in total. The van der Waals surface area contributed by atoms with E-state index in [4.69, 9.17) is 9.47 Å². The van der Waals surface area contributed by atoms with Crippen molar-refractivity contribution in [3.63, 3.8) is 0 Å². The second-order valence-corrected chi connectivity index (χ2v) is 9.34. The molecule has 8 heteroatoms. The van der Waals surface area contributed by atoms with Crippen molar-refractivity contribution in [2.75, 3.05) is 18.1 Å². The van der Waals surface area contributed by atoms with E-state index in [9.17, 15) is 4.79 Å². The minimum atomic E-state index is -0.464. The topological polar surface area (TPSA) is 66.2 Å². The number of hydrogen-bond acceptors (Lipinski definition) is 7. The van der Waals surface area contributed by atoms with Crippen LogP contribution < -0.4 is 9.47 Å². The number of rotatable bonds is 5. The highest BCUT2D eigenvalue weighted by Crippen LogP contribution is 2.45. The van der Waals surface area contributed by atoms with Crippen LogP contribution in [0, 0.1) is 13.8 Å². The maximum absolute atomic E-state index is 12.2. The molecule has 1 saturated heterocycles. The second kappa shape index (κ2) is 8.05. The summed E-state index contributed by atoms with van der Waals surface area (Å²) in [5.41, 5.74) is 3.91. The molecule has 0 unspecified atom stereocenters. The van der Waals surface area contributed by atoms with E-state index in [2.05, 4.69) is 10.1 Å². The molecule has 3 aromatic rings. The number of carbonyl (C=O) groups excluding carboxylic acids is 1. The average Bonchev–Trinajstić information content (AvgIpc) is 3.30. The molecule has 0 atom stereocenters. The van der Waals surface area contributed by atoms with Gasteiger partial charge in [-0.25, -0.2) is 14.5 Å². The lowest BCUT2D eigenvalue weighted by molar-refractivity contribution is -0.136. The van der Waals surface area contributed by atoms with Crippen LogP contribution in [-0.4, -0.2) is 38.8 Å². The summed E-state index contributed by atoms with van der Waals surface area (Å²) in [4.78, 5) is 16.7. The molecular formula is C20H21N3O3S2. The largest absolute Gasteiger partial charge is 0.464 e. The van der Waals surface area contributed by atoms with Gasteiger partial charge in [-0.05, 0) is 43.2 Å². The predicted molar refractivity (Wildman–Crippen MR) is 113 cm³/mol. The van der Waals surface area contributed by atoms with Crippen LogP contribution >= 0.6 is 23.5 Å². The summed E-state index contributed by atoms with van der Waals surface area (Å²) in [6.07, 6.45) is 0. The monoisotopic (exact) mass is 415 g/mol. The minimum Gasteiger partial charge on any atom is -0.464 e. The lowest BCUT2D eigenvalue weighted by atomic mass is 10.2. The molecule has 1 aromatic carbocycles. The number of aryl methyl sites for hydroxylation is 3. The summed E-state index contributed by atoms with van der Waals surface area (Å²) in [6, 6.07) is 9.67. The zero-order valence-corrected chi connectivity index (χ0v) is 17.6. The Labute approximate surface area is 172 Å². The number of thioether (sulfide) groups is 2. The molecule has 0 radical (unpaired) electrons. The summed E-state index contributed by atoms with van der Waals surface area (Å²) in [7, 11) is 1.81. The smallest absolute Gasteiger partial charge is 0.349 e. The van der Waals surface area contributed by atoms with Crippen LogP contribution in [0.4, 0.5) is 0 Å². The molecule has 28 heavy (non-hydrogen) atoms. The first-order valence-corrected chi connectivity index (χ1v) is 11.1. The van der Waals surface area contributed by atoms with E-state index in [1.54, 1.807) is 4.68 Å². The Hall–Kier alpha value is -2.19. The summed E-state index contributed by atoms with van der Waals surface area (Å²) in [5.74, 6) is 2.81. The molecule has 0 amide bonds. The molecule has 1 aliphatic heterocycles. The molecule has 1 fully saturated rings. The van der Waals surface area contributed by atoms with Crippen molar-refractivity contribution in [2.24, 2.45) is 7.05 Å². The highest BCUT2D eigenvalue weighted by molar-refractivity contribution is 8.19. The maximum atomic E-state index is 12.2. The van der Waals surface area contributed by atoms with Crippen molar-refractivity contribution in [3.8, 4) is 11.6 Å². The lowest BCUT2D eigenvalue weighted by Gasteiger charge is -2.09. The normalized spacial score (nSPS) is 14.5. The third-order valence-corrected chi connectivity index (χ3v) is 7.52. The molecule has 4 rings (SSSR count). The van der Waals surface area contributed by atoms with Crippen molar-refractivity contribution in [3.05, 3.63) is 47.2 Å². The van der Waals surface area contributed by atoms with Crippen LogP contribution in [0.25, 0.3) is 11.0 Å². The fourth-order valence-corrected chi connectivity index (χ4v) is 6.04. The van der Waals surface area contributed by atoms with E-state index in [-0.39, 0.29) is 6.61 Å². The van der Waals surface area contributed by atoms with E-state index in [0.29, 0.717) is 16.2 Å². The van der Waals surface area contributed by atoms with E-state index in [1.807, 2.05) is 74.8 Å². The first-order chi connectivity index (χ1) is 13.5. The van der Waals surface area contributed by atoms with Crippen LogP contribution in [0.15, 0.2) is 30.3 Å². The molecule has 0 aliphatic carbocycles. The third-order valence-electron chi connectivity index (χ3n) is 4.42. The number of hydrogen-bond donors (Lipinski definition) is 0. The van der Waals surface area contributed by atoms with Gasteiger partial charge in [-0.1, -0.05) is 12.1 Å². The van der Waals surface area contributed by atoms with Gasteiger partial charge < -0.3 is 9.47 Å². The Morgan fingerprint density at radius 3 is 2.64 bits per heavy atom. The number of carbonyl (C=O) groups is 1. The molecule has 3 heterocycles. The van der Waals surface area contributed by atoms with Crippen LogP contribution in [0.3, 0.4) is 0 Å². The van der Waals surface area contributed by atoms with Gasteiger partial charge in [0, 0.05) is 24.2 Å². The van der Waals surface area contributed by atoms with Crippen LogP contribution in [-0.2, 0) is 11.8 Å². The molecular weight excluding hydrogens is 394 g/mol. The van der Waals surface area contributed by atoms with Gasteiger partial charge in [-0.3, -0.25) is 0 Å². The molecule has 1 aliphatic rings. The number of fused-ring (bicyclic) bond motifs is 1. The number of aromatic nitrogens is 3. The molecule has 0 N–H and O–H groups in total. The van der Waals surface area contributed by atoms with Gasteiger partial charge >= 0.3 is 5.97 Å². The molecule has 146 valence electrons. The molecule has 2 aromatic heterocycles. The highest BCUT2D eigenvalue weighted by Gasteiger charge is 2.19. The maximum Gasteiger partial charge on any atom is 0.349 e. The second-order valence-electron chi connectivity index (χ2n) is 6.61. The van der Waals surface area contributed by atoms with Gasteiger partial charge in [-0.2, -0.15) is 0 Å². The quantitative estimate of drug-likeness (QED) is 0.460. The Kier molecular flexibility index (Phi) is 5.50. The standard InChI is InChI=1S/C20H21N3O3S2/c1-12-10-13(2)21-18-17(12)19(22-23(18)3)25-11-16(24)26-15-6-4-14(5-7-15)20-27-8-9-28-20/h4-7,10,20H,8-9,11H2,1-3H3. The van der Waals surface area contributed by atoms with Gasteiger partial charge in [0.15, 0.2) is 12.3 Å². The van der Waals surface area contributed by atoms with E-state index >= 15 is 0 Å². The Balaban J connectivity index is 1.40. The van der Waals surface area contributed by atoms with Crippen molar-refractivity contribution < 1.29 is 14.3 Å². The van der Waals surface area contributed by atoms with Gasteiger partial charge in [0.2, 0.25) is 5.88 Å². The number of nitrogens with zero attached hydrogens (tertiary/aromatic N) is 3. The first-order valence-electron chi connectivity index (χ1n) is 8.99. The average molecular weight is 416 g/mol. The number of pyridine rings is 1. The summed E-state index contributed by atoms with van der Waals surface area (Å²) in [6.45, 7) is 3.70. The van der Waals surface area contributed by atoms with Gasteiger partial charge in [0.25, 0.3) is 0 Å². The number of benzene rings is 1. The van der Waals surface area contributed by atoms with E-state index < -0.39 is 5.97 Å². The Morgan fingerprint density at radius 1 is 1.21 bits per heavy atom. The molecule has 0 spiro atoms. The summed E-state index contributed by atoms with van der Waals surface area (Å²) in [5, 5.41) is 5.16. The van der Waals surface area contributed by atoms with Gasteiger partial charge in [0.05, 0.1) is 9.97 Å². The summed E-state index contributed by atoms with van der Waals surface area (Å²) < 4.78 is 13.2. The molecule has 0 saturated carbocycles. The fraction of sp³-hybridized carbons (Fsp3) is 0.350. The van der Waals surface area contributed by atoms with Crippen molar-refractivity contribution >= 4 is 40.5 Å². The first kappa shape index (κ1) is 19.1. The van der Waals surface area contributed by atoms with Crippen LogP contribution in [0.1, 0.15) is 21.4 Å².